The number of carbonyl (C=O) groups excluding carboxylic acids is 1. The molecule has 1 aromatic rings. The second kappa shape index (κ2) is 3.73. The van der Waals surface area contributed by atoms with Crippen LogP contribution in [0.5, 0.6) is 0 Å². The van der Waals surface area contributed by atoms with E-state index < -0.39 is 21.2 Å². The van der Waals surface area contributed by atoms with E-state index in [2.05, 4.69) is 4.74 Å². The molecule has 17 heavy (non-hydrogen) atoms. The van der Waals surface area contributed by atoms with E-state index in [0.29, 0.717) is 11.3 Å². The third kappa shape index (κ3) is 1.59. The molecule has 6 heteroatoms. The molecule has 0 amide bonds. The van der Waals surface area contributed by atoms with Crippen LogP contribution in [0, 0.1) is 0 Å². The van der Waals surface area contributed by atoms with Crippen molar-refractivity contribution in [3.63, 3.8) is 0 Å². The van der Waals surface area contributed by atoms with Crippen molar-refractivity contribution < 1.29 is 17.9 Å². The van der Waals surface area contributed by atoms with E-state index in [-0.39, 0.29) is 4.90 Å². The van der Waals surface area contributed by atoms with Gasteiger partial charge in [0.05, 0.1) is 23.3 Å². The van der Waals surface area contributed by atoms with Crippen LogP contribution in [0.1, 0.15) is 17.3 Å². The molecule has 1 aliphatic heterocycles. The van der Waals surface area contributed by atoms with Crippen LogP contribution in [0.4, 0.5) is 5.69 Å². The number of carbonyl (C=O) groups is 1. The molecule has 2 rings (SSSR count). The first-order valence-electron chi connectivity index (χ1n) is 5.08. The minimum absolute atomic E-state index is 0.264. The normalized spacial score (nSPS) is 21.1. The number of hydrogen-bond acceptors (Lipinski definition) is 5. The monoisotopic (exact) mass is 255 g/mol. The highest BCUT2D eigenvalue weighted by molar-refractivity contribution is 7.92. The van der Waals surface area contributed by atoms with Crippen LogP contribution in [0.25, 0.3) is 0 Å². The third-order valence-electron chi connectivity index (χ3n) is 3.06. The van der Waals surface area contributed by atoms with Gasteiger partial charge >= 0.3 is 5.97 Å². The van der Waals surface area contributed by atoms with Crippen molar-refractivity contribution in [1.82, 2.24) is 0 Å². The highest BCUT2D eigenvalue weighted by atomic mass is 32.2. The number of nitrogens with zero attached hydrogens (tertiary/aromatic N) is 1. The largest absolute Gasteiger partial charge is 0.465 e. The van der Waals surface area contributed by atoms with Gasteiger partial charge in [0.15, 0.2) is 0 Å². The first kappa shape index (κ1) is 11.9. The summed E-state index contributed by atoms with van der Waals surface area (Å²) in [4.78, 5) is 13.3. The quantitative estimate of drug-likeness (QED) is 0.702. The van der Waals surface area contributed by atoms with E-state index in [0.717, 1.165) is 0 Å². The Labute approximate surface area is 99.9 Å². The van der Waals surface area contributed by atoms with Crippen molar-refractivity contribution in [2.24, 2.45) is 0 Å². The molecule has 92 valence electrons. The smallest absolute Gasteiger partial charge is 0.337 e. The van der Waals surface area contributed by atoms with Gasteiger partial charge in [-0.25, -0.2) is 13.2 Å². The Bertz CT molecular complexity index is 579. The molecule has 1 atom stereocenters. The van der Waals surface area contributed by atoms with Crippen LogP contribution in [0.2, 0.25) is 0 Å². The number of benzene rings is 1. The lowest BCUT2D eigenvalue weighted by atomic mass is 10.2. The van der Waals surface area contributed by atoms with Gasteiger partial charge in [-0.2, -0.15) is 0 Å². The second-order valence-electron chi connectivity index (χ2n) is 3.93. The number of fused-ring (bicyclic) bond motifs is 1. The van der Waals surface area contributed by atoms with Gasteiger partial charge in [-0.15, -0.1) is 0 Å². The van der Waals surface area contributed by atoms with Crippen molar-refractivity contribution in [2.45, 2.75) is 17.2 Å². The SMILES string of the molecule is COC(=O)c1ccc2c(c1)N(C)C(C)S2(=O)=O. The maximum atomic E-state index is 12.0. The summed E-state index contributed by atoms with van der Waals surface area (Å²) in [5.41, 5.74) is 0.891. The van der Waals surface area contributed by atoms with Crippen LogP contribution in [0.3, 0.4) is 0 Å². The van der Waals surface area contributed by atoms with Gasteiger partial charge < -0.3 is 9.64 Å². The molecule has 0 spiro atoms. The molecule has 0 N–H and O–H groups in total. The van der Waals surface area contributed by atoms with E-state index in [1.807, 2.05) is 0 Å². The fraction of sp³-hybridized carbons (Fsp3) is 0.364. The predicted octanol–water partition coefficient (Wildman–Crippen LogP) is 1.04. The molecule has 0 fully saturated rings. The zero-order chi connectivity index (χ0) is 12.8. The Hall–Kier alpha value is -1.56. The number of hydrogen-bond donors (Lipinski definition) is 0. The minimum atomic E-state index is -3.31. The topological polar surface area (TPSA) is 63.7 Å². The van der Waals surface area contributed by atoms with Gasteiger partial charge in [0.1, 0.15) is 5.37 Å². The van der Waals surface area contributed by atoms with Gasteiger partial charge in [-0.1, -0.05) is 0 Å². The number of ether oxygens (including phenoxy) is 1. The van der Waals surface area contributed by atoms with Crippen molar-refractivity contribution in [1.29, 1.82) is 0 Å². The molecule has 0 aromatic heterocycles. The van der Waals surface area contributed by atoms with E-state index >= 15 is 0 Å². The lowest BCUT2D eigenvalue weighted by Gasteiger charge is -2.16. The molecule has 1 heterocycles. The molecule has 0 saturated heterocycles. The fourth-order valence-corrected chi connectivity index (χ4v) is 3.52. The van der Waals surface area contributed by atoms with Crippen LogP contribution in [0.15, 0.2) is 23.1 Å². The van der Waals surface area contributed by atoms with Crippen LogP contribution < -0.4 is 4.90 Å². The van der Waals surface area contributed by atoms with E-state index in [4.69, 9.17) is 0 Å². The van der Waals surface area contributed by atoms with Gasteiger partial charge in [0.25, 0.3) is 0 Å². The first-order chi connectivity index (χ1) is 7.89. The molecule has 0 bridgehead atoms. The van der Waals surface area contributed by atoms with Crippen LogP contribution in [-0.4, -0.2) is 33.9 Å². The average molecular weight is 255 g/mol. The lowest BCUT2D eigenvalue weighted by molar-refractivity contribution is 0.0600. The lowest BCUT2D eigenvalue weighted by Crippen LogP contribution is -2.28. The fourth-order valence-electron chi connectivity index (χ4n) is 1.87. The summed E-state index contributed by atoms with van der Waals surface area (Å²) >= 11 is 0. The second-order valence-corrected chi connectivity index (χ2v) is 6.14. The van der Waals surface area contributed by atoms with Crippen molar-refractivity contribution in [3.8, 4) is 0 Å². The zero-order valence-corrected chi connectivity index (χ0v) is 10.6. The van der Waals surface area contributed by atoms with Crippen LogP contribution in [-0.2, 0) is 14.6 Å². The Morgan fingerprint density at radius 1 is 1.41 bits per heavy atom. The Kier molecular flexibility index (Phi) is 2.61. The molecular formula is C11H13NO4S. The Morgan fingerprint density at radius 3 is 2.65 bits per heavy atom. The van der Waals surface area contributed by atoms with Gasteiger partial charge in [0.2, 0.25) is 9.84 Å². The molecule has 0 aliphatic carbocycles. The third-order valence-corrected chi connectivity index (χ3v) is 5.23. The van der Waals surface area contributed by atoms with E-state index in [9.17, 15) is 13.2 Å². The highest BCUT2D eigenvalue weighted by Crippen LogP contribution is 2.37. The average Bonchev–Trinajstić information content (AvgIpc) is 2.50. The summed E-state index contributed by atoms with van der Waals surface area (Å²) in [5.74, 6) is -0.474. The highest BCUT2D eigenvalue weighted by Gasteiger charge is 2.38. The molecule has 0 radical (unpaired) electrons. The van der Waals surface area contributed by atoms with E-state index in [1.54, 1.807) is 24.9 Å². The zero-order valence-electron chi connectivity index (χ0n) is 9.80. The van der Waals surface area contributed by atoms with Crippen molar-refractivity contribution >= 4 is 21.5 Å². The number of anilines is 1. The number of methoxy groups -OCH3 is 1. The predicted molar refractivity (Wildman–Crippen MR) is 62.8 cm³/mol. The van der Waals surface area contributed by atoms with Gasteiger partial charge in [-0.05, 0) is 25.1 Å². The summed E-state index contributed by atoms with van der Waals surface area (Å²) in [6.07, 6.45) is 0. The number of esters is 1. The molecule has 0 saturated carbocycles. The maximum Gasteiger partial charge on any atom is 0.337 e. The first-order valence-corrected chi connectivity index (χ1v) is 6.63. The maximum absolute atomic E-state index is 12.0. The van der Waals surface area contributed by atoms with Gasteiger partial charge in [0, 0.05) is 7.05 Å². The summed E-state index contributed by atoms with van der Waals surface area (Å²) < 4.78 is 28.6. The summed E-state index contributed by atoms with van der Waals surface area (Å²) in [6.45, 7) is 1.62. The molecule has 1 aliphatic rings. The van der Waals surface area contributed by atoms with Crippen molar-refractivity contribution in [2.75, 3.05) is 19.1 Å². The standard InChI is InChI=1S/C11H13NO4S/c1-7-12(2)9-6-8(11(13)16-3)4-5-10(9)17(7,14)15/h4-7H,1-3H3. The summed E-state index contributed by atoms with van der Waals surface area (Å²) in [6, 6.07) is 4.47. The summed E-state index contributed by atoms with van der Waals surface area (Å²) in [7, 11) is -0.329. The Balaban J connectivity index is 2.61. The molecular weight excluding hydrogens is 242 g/mol. The molecule has 1 unspecified atom stereocenters. The van der Waals surface area contributed by atoms with Gasteiger partial charge in [-0.3, -0.25) is 0 Å². The van der Waals surface area contributed by atoms with Crippen LogP contribution >= 0.6 is 0 Å². The minimum Gasteiger partial charge on any atom is -0.465 e. The van der Waals surface area contributed by atoms with Crippen molar-refractivity contribution in [3.05, 3.63) is 23.8 Å². The van der Waals surface area contributed by atoms with E-state index in [1.165, 1.54) is 19.2 Å². The molecule has 1 aromatic carbocycles. The molecule has 5 nitrogen and oxygen atoms in total. The number of sulfone groups is 1. The Morgan fingerprint density at radius 2 is 2.06 bits per heavy atom. The summed E-state index contributed by atoms with van der Waals surface area (Å²) in [5, 5.41) is -0.606. The number of rotatable bonds is 1.